The summed E-state index contributed by atoms with van der Waals surface area (Å²) in [5, 5.41) is 2.69. The fraction of sp³-hybridized carbons (Fsp3) is 0.700. The van der Waals surface area contributed by atoms with E-state index in [0.29, 0.717) is 37.6 Å². The van der Waals surface area contributed by atoms with Crippen molar-refractivity contribution < 1.29 is 14.6 Å². The zero-order valence-electron chi connectivity index (χ0n) is 9.05. The summed E-state index contributed by atoms with van der Waals surface area (Å²) in [6.07, 6.45) is 1.48. The largest absolute Gasteiger partial charge is 0.352 e. The van der Waals surface area contributed by atoms with E-state index in [0.717, 1.165) is 6.42 Å². The predicted octanol–water partition coefficient (Wildman–Crippen LogP) is 1.65. The summed E-state index contributed by atoms with van der Waals surface area (Å²) >= 11 is 5.44. The number of carbonyl (C=O) groups is 1. The monoisotopic (exact) mass is 235 g/mol. The third-order valence-electron chi connectivity index (χ3n) is 1.52. The zero-order valence-corrected chi connectivity index (χ0v) is 9.81. The van der Waals surface area contributed by atoms with Gasteiger partial charge in [0.2, 0.25) is 5.91 Å². The predicted molar refractivity (Wildman–Crippen MR) is 59.7 cm³/mol. The number of halogens is 1. The second-order valence-corrected chi connectivity index (χ2v) is 3.45. The Hall–Kier alpha value is -0.580. The number of amides is 1. The van der Waals surface area contributed by atoms with Gasteiger partial charge < -0.3 is 5.32 Å². The lowest BCUT2D eigenvalue weighted by Crippen LogP contribution is -2.25. The van der Waals surface area contributed by atoms with Gasteiger partial charge in [0.15, 0.2) is 0 Å². The number of carbonyl (C=O) groups excluding carboxylic acids is 1. The van der Waals surface area contributed by atoms with Crippen LogP contribution in [-0.2, 0) is 14.6 Å². The molecule has 0 aromatic heterocycles. The van der Waals surface area contributed by atoms with Gasteiger partial charge >= 0.3 is 0 Å². The molecule has 0 fully saturated rings. The molecular weight excluding hydrogens is 218 g/mol. The average Bonchev–Trinajstić information content (AvgIpc) is 2.21. The third-order valence-corrected chi connectivity index (χ3v) is 1.79. The van der Waals surface area contributed by atoms with Crippen molar-refractivity contribution in [2.24, 2.45) is 0 Å². The van der Waals surface area contributed by atoms with Crippen molar-refractivity contribution >= 4 is 17.5 Å². The summed E-state index contributed by atoms with van der Waals surface area (Å²) in [5.41, 5.74) is 0.509. The molecule has 1 amide bonds. The molecule has 0 aliphatic rings. The Labute approximate surface area is 95.5 Å². The molecule has 0 aromatic rings. The van der Waals surface area contributed by atoms with Crippen molar-refractivity contribution in [3.63, 3.8) is 0 Å². The SMILES string of the molecule is C=C(C)C(=O)NCCCOOCCCCl. The highest BCUT2D eigenvalue weighted by molar-refractivity contribution is 6.17. The van der Waals surface area contributed by atoms with Crippen LogP contribution >= 0.6 is 11.6 Å². The second kappa shape index (κ2) is 9.96. The van der Waals surface area contributed by atoms with Gasteiger partial charge in [-0.05, 0) is 19.8 Å². The topological polar surface area (TPSA) is 47.6 Å². The van der Waals surface area contributed by atoms with Gasteiger partial charge in [-0.15, -0.1) is 11.6 Å². The fourth-order valence-corrected chi connectivity index (χ4v) is 0.824. The van der Waals surface area contributed by atoms with Crippen molar-refractivity contribution in [2.75, 3.05) is 25.6 Å². The van der Waals surface area contributed by atoms with E-state index < -0.39 is 0 Å². The number of hydrogen-bond acceptors (Lipinski definition) is 3. The van der Waals surface area contributed by atoms with E-state index in [4.69, 9.17) is 21.4 Å². The molecule has 0 saturated heterocycles. The lowest BCUT2D eigenvalue weighted by Gasteiger charge is -2.05. The quantitative estimate of drug-likeness (QED) is 0.217. The zero-order chi connectivity index (χ0) is 11.5. The molecule has 1 N–H and O–H groups in total. The average molecular weight is 236 g/mol. The molecule has 0 spiro atoms. The van der Waals surface area contributed by atoms with Gasteiger partial charge in [0.05, 0.1) is 13.2 Å². The Morgan fingerprint density at radius 1 is 1.33 bits per heavy atom. The fourth-order valence-electron chi connectivity index (χ4n) is 0.715. The van der Waals surface area contributed by atoms with Crippen molar-refractivity contribution in [3.05, 3.63) is 12.2 Å². The Balaban J connectivity index is 3.11. The highest BCUT2D eigenvalue weighted by Gasteiger charge is 1.99. The standard InChI is InChI=1S/C10H18ClNO3/c1-9(2)10(13)12-6-4-8-15-14-7-3-5-11/h1,3-8H2,2H3,(H,12,13). The summed E-state index contributed by atoms with van der Waals surface area (Å²) in [6.45, 7) is 6.71. The first-order valence-corrected chi connectivity index (χ1v) is 5.46. The lowest BCUT2D eigenvalue weighted by molar-refractivity contribution is -0.294. The molecule has 88 valence electrons. The molecule has 0 aromatic carbocycles. The van der Waals surface area contributed by atoms with E-state index in [1.165, 1.54) is 0 Å². The van der Waals surface area contributed by atoms with Gasteiger partial charge in [0.25, 0.3) is 0 Å². The van der Waals surface area contributed by atoms with Crippen LogP contribution in [0.2, 0.25) is 0 Å². The summed E-state index contributed by atoms with van der Waals surface area (Å²) in [6, 6.07) is 0. The van der Waals surface area contributed by atoms with Gasteiger partial charge in [-0.3, -0.25) is 4.79 Å². The van der Waals surface area contributed by atoms with E-state index in [1.807, 2.05) is 0 Å². The van der Waals surface area contributed by atoms with Crippen LogP contribution in [0, 0.1) is 0 Å². The minimum Gasteiger partial charge on any atom is -0.352 e. The Kier molecular flexibility index (Phi) is 9.57. The summed E-state index contributed by atoms with van der Waals surface area (Å²) in [7, 11) is 0. The van der Waals surface area contributed by atoms with Crippen LogP contribution in [0.4, 0.5) is 0 Å². The minimum absolute atomic E-state index is 0.127. The van der Waals surface area contributed by atoms with Gasteiger partial charge in [0.1, 0.15) is 0 Å². The molecule has 15 heavy (non-hydrogen) atoms. The van der Waals surface area contributed by atoms with Gasteiger partial charge in [0, 0.05) is 18.0 Å². The van der Waals surface area contributed by atoms with Crippen LogP contribution in [0.3, 0.4) is 0 Å². The van der Waals surface area contributed by atoms with Crippen molar-refractivity contribution in [1.82, 2.24) is 5.32 Å². The lowest BCUT2D eigenvalue weighted by atomic mass is 10.3. The number of hydrogen-bond donors (Lipinski definition) is 1. The molecule has 0 aliphatic heterocycles. The van der Waals surface area contributed by atoms with Crippen molar-refractivity contribution in [3.8, 4) is 0 Å². The first-order valence-electron chi connectivity index (χ1n) is 4.92. The van der Waals surface area contributed by atoms with E-state index in [1.54, 1.807) is 6.92 Å². The first kappa shape index (κ1) is 14.4. The van der Waals surface area contributed by atoms with E-state index in [-0.39, 0.29) is 5.91 Å². The summed E-state index contributed by atoms with van der Waals surface area (Å²) in [5.74, 6) is 0.441. The highest BCUT2D eigenvalue weighted by Crippen LogP contribution is 1.90. The molecule has 5 heteroatoms. The molecule has 0 unspecified atom stereocenters. The van der Waals surface area contributed by atoms with Gasteiger partial charge in [-0.1, -0.05) is 6.58 Å². The molecule has 0 radical (unpaired) electrons. The van der Waals surface area contributed by atoms with Crippen molar-refractivity contribution in [1.29, 1.82) is 0 Å². The number of nitrogens with one attached hydrogen (secondary N) is 1. The maximum absolute atomic E-state index is 11.0. The smallest absolute Gasteiger partial charge is 0.246 e. The Bertz CT molecular complexity index is 197. The molecule has 0 rings (SSSR count). The normalized spacial score (nSPS) is 10.0. The number of rotatable bonds is 9. The molecule has 4 nitrogen and oxygen atoms in total. The summed E-state index contributed by atoms with van der Waals surface area (Å²) in [4.78, 5) is 20.7. The summed E-state index contributed by atoms with van der Waals surface area (Å²) < 4.78 is 0. The first-order chi connectivity index (χ1) is 7.18. The maximum atomic E-state index is 11.0. The third kappa shape index (κ3) is 9.72. The van der Waals surface area contributed by atoms with Crippen molar-refractivity contribution in [2.45, 2.75) is 19.8 Å². The van der Waals surface area contributed by atoms with E-state index in [9.17, 15) is 4.79 Å². The van der Waals surface area contributed by atoms with E-state index in [2.05, 4.69) is 11.9 Å². The van der Waals surface area contributed by atoms with E-state index >= 15 is 0 Å². The molecular formula is C10H18ClNO3. The Morgan fingerprint density at radius 3 is 2.47 bits per heavy atom. The van der Waals surface area contributed by atoms with Gasteiger partial charge in [-0.2, -0.15) is 0 Å². The molecule has 0 aliphatic carbocycles. The van der Waals surface area contributed by atoms with Crippen LogP contribution in [0.1, 0.15) is 19.8 Å². The molecule has 0 saturated carbocycles. The van der Waals surface area contributed by atoms with Gasteiger partial charge in [-0.25, -0.2) is 9.78 Å². The minimum atomic E-state index is -0.127. The molecule has 0 heterocycles. The molecule has 0 atom stereocenters. The van der Waals surface area contributed by atoms with Crippen LogP contribution < -0.4 is 5.32 Å². The number of alkyl halides is 1. The van der Waals surface area contributed by atoms with Crippen LogP contribution in [-0.4, -0.2) is 31.5 Å². The van der Waals surface area contributed by atoms with Crippen LogP contribution in [0.5, 0.6) is 0 Å². The highest BCUT2D eigenvalue weighted by atomic mass is 35.5. The second-order valence-electron chi connectivity index (χ2n) is 3.08. The Morgan fingerprint density at radius 2 is 1.93 bits per heavy atom. The van der Waals surface area contributed by atoms with Crippen LogP contribution in [0.15, 0.2) is 12.2 Å². The molecule has 0 bridgehead atoms. The maximum Gasteiger partial charge on any atom is 0.246 e. The van der Waals surface area contributed by atoms with Crippen LogP contribution in [0.25, 0.3) is 0 Å².